The van der Waals surface area contributed by atoms with Crippen LogP contribution in [0.2, 0.25) is 0 Å². The van der Waals surface area contributed by atoms with Crippen LogP contribution in [0.25, 0.3) is 0 Å². The summed E-state index contributed by atoms with van der Waals surface area (Å²) in [5, 5.41) is 9.08. The van der Waals surface area contributed by atoms with Crippen molar-refractivity contribution in [3.8, 4) is 0 Å². The summed E-state index contributed by atoms with van der Waals surface area (Å²) < 4.78 is 0. The van der Waals surface area contributed by atoms with Gasteiger partial charge in [0, 0.05) is 31.5 Å². The molecule has 2 aliphatic rings. The lowest BCUT2D eigenvalue weighted by Gasteiger charge is -2.37. The Labute approximate surface area is 127 Å². The Morgan fingerprint density at radius 3 is 2.38 bits per heavy atom. The lowest BCUT2D eigenvalue weighted by molar-refractivity contribution is -0.124. The number of carboxylic acid groups (broad SMARTS) is 1. The smallest absolute Gasteiger partial charge is 0.407 e. The molecule has 0 aliphatic carbocycles. The van der Waals surface area contributed by atoms with Gasteiger partial charge in [-0.1, -0.05) is 6.92 Å². The molecule has 1 N–H and O–H groups in total. The number of hydrogen-bond acceptors (Lipinski definition) is 3. The second-order valence-corrected chi connectivity index (χ2v) is 6.38. The molecule has 2 saturated heterocycles. The van der Waals surface area contributed by atoms with Crippen LogP contribution in [0.15, 0.2) is 0 Å². The van der Waals surface area contributed by atoms with Gasteiger partial charge in [-0.3, -0.25) is 4.79 Å². The van der Waals surface area contributed by atoms with Crippen molar-refractivity contribution in [2.24, 2.45) is 5.92 Å². The van der Waals surface area contributed by atoms with E-state index < -0.39 is 6.09 Å². The molecule has 5 heteroatoms. The summed E-state index contributed by atoms with van der Waals surface area (Å²) in [7, 11) is 0. The molecule has 2 aliphatic heterocycles. The molecule has 2 heterocycles. The van der Waals surface area contributed by atoms with Crippen molar-refractivity contribution in [3.05, 3.63) is 0 Å². The van der Waals surface area contributed by atoms with E-state index in [2.05, 4.69) is 11.8 Å². The minimum absolute atomic E-state index is 0.266. The monoisotopic (exact) mass is 296 g/mol. The maximum absolute atomic E-state index is 12.0. The van der Waals surface area contributed by atoms with Gasteiger partial charge in [0.25, 0.3) is 0 Å². The Morgan fingerprint density at radius 1 is 1.05 bits per heavy atom. The van der Waals surface area contributed by atoms with E-state index >= 15 is 0 Å². The number of rotatable bonds is 4. The summed E-state index contributed by atoms with van der Waals surface area (Å²) in [5.74, 6) is 0.706. The van der Waals surface area contributed by atoms with Crippen molar-refractivity contribution < 1.29 is 14.7 Å². The quantitative estimate of drug-likeness (QED) is 0.866. The first-order valence-corrected chi connectivity index (χ1v) is 8.36. The highest BCUT2D eigenvalue weighted by atomic mass is 16.4. The van der Waals surface area contributed by atoms with Gasteiger partial charge in [0.05, 0.1) is 0 Å². The van der Waals surface area contributed by atoms with Crippen LogP contribution in [-0.2, 0) is 4.79 Å². The van der Waals surface area contributed by atoms with E-state index in [9.17, 15) is 9.59 Å². The standard InChI is InChI=1S/C16H28N2O3/c1-2-4-15(19)13-6-10-17(11-7-13)14-5-3-9-18(12-8-14)16(20)21/h13-14H,2-12H2,1H3,(H,20,21)/t14-/m0/s1. The van der Waals surface area contributed by atoms with Gasteiger partial charge in [-0.15, -0.1) is 0 Å². The molecule has 5 nitrogen and oxygen atoms in total. The van der Waals surface area contributed by atoms with Crippen molar-refractivity contribution >= 4 is 11.9 Å². The second-order valence-electron chi connectivity index (χ2n) is 6.38. The molecule has 2 rings (SSSR count). The predicted octanol–water partition coefficient (Wildman–Crippen LogP) is 2.60. The Bertz CT molecular complexity index is 365. The highest BCUT2D eigenvalue weighted by molar-refractivity contribution is 5.81. The second kappa shape index (κ2) is 7.78. The Balaban J connectivity index is 1.79. The SMILES string of the molecule is CCCC(=O)C1CCN([C@H]2CCCN(C(=O)O)CC2)CC1. The summed E-state index contributed by atoms with van der Waals surface area (Å²) in [6.07, 6.45) is 5.81. The van der Waals surface area contributed by atoms with E-state index in [1.807, 2.05) is 0 Å². The molecule has 0 unspecified atom stereocenters. The molecule has 1 amide bonds. The molecule has 0 radical (unpaired) electrons. The van der Waals surface area contributed by atoms with Gasteiger partial charge in [-0.25, -0.2) is 4.79 Å². The Morgan fingerprint density at radius 2 is 1.76 bits per heavy atom. The minimum Gasteiger partial charge on any atom is -0.465 e. The first kappa shape index (κ1) is 16.3. The number of ketones is 1. The summed E-state index contributed by atoms with van der Waals surface area (Å²) in [6, 6.07) is 0.497. The summed E-state index contributed by atoms with van der Waals surface area (Å²) in [6.45, 7) is 5.37. The zero-order valence-corrected chi connectivity index (χ0v) is 13.1. The maximum Gasteiger partial charge on any atom is 0.407 e. The van der Waals surface area contributed by atoms with E-state index in [0.29, 0.717) is 24.9 Å². The fourth-order valence-corrected chi connectivity index (χ4v) is 3.67. The van der Waals surface area contributed by atoms with Gasteiger partial charge >= 0.3 is 6.09 Å². The number of piperidine rings is 1. The van der Waals surface area contributed by atoms with Crippen LogP contribution in [0.5, 0.6) is 0 Å². The number of amides is 1. The fraction of sp³-hybridized carbons (Fsp3) is 0.875. The van der Waals surface area contributed by atoms with Crippen molar-refractivity contribution in [1.82, 2.24) is 9.80 Å². The molecular formula is C16H28N2O3. The highest BCUT2D eigenvalue weighted by Crippen LogP contribution is 2.25. The first-order valence-electron chi connectivity index (χ1n) is 8.36. The number of Topliss-reactive ketones (excluding diaryl/α,β-unsaturated/α-hetero) is 1. The number of likely N-dealkylation sites (tertiary alicyclic amines) is 2. The molecule has 0 aromatic rings. The van der Waals surface area contributed by atoms with Crippen molar-refractivity contribution in [3.63, 3.8) is 0 Å². The third-order valence-corrected chi connectivity index (χ3v) is 4.97. The normalized spacial score (nSPS) is 25.6. The fourth-order valence-electron chi connectivity index (χ4n) is 3.67. The molecule has 0 bridgehead atoms. The van der Waals surface area contributed by atoms with Gasteiger partial charge in [0.1, 0.15) is 5.78 Å². The van der Waals surface area contributed by atoms with E-state index in [1.54, 1.807) is 0 Å². The molecule has 21 heavy (non-hydrogen) atoms. The van der Waals surface area contributed by atoms with Gasteiger partial charge in [-0.2, -0.15) is 0 Å². The Hall–Kier alpha value is -1.10. The zero-order valence-electron chi connectivity index (χ0n) is 13.1. The zero-order chi connectivity index (χ0) is 15.2. The van der Waals surface area contributed by atoms with E-state index in [4.69, 9.17) is 5.11 Å². The topological polar surface area (TPSA) is 60.9 Å². The summed E-state index contributed by atoms with van der Waals surface area (Å²) in [4.78, 5) is 27.0. The van der Waals surface area contributed by atoms with Crippen molar-refractivity contribution in [2.75, 3.05) is 26.2 Å². The Kier molecular flexibility index (Phi) is 6.03. The molecule has 120 valence electrons. The van der Waals surface area contributed by atoms with Gasteiger partial charge in [-0.05, 0) is 51.6 Å². The molecule has 0 aromatic carbocycles. The van der Waals surface area contributed by atoms with Crippen LogP contribution in [0.1, 0.15) is 51.9 Å². The number of carbonyl (C=O) groups excluding carboxylic acids is 1. The molecule has 0 aromatic heterocycles. The van der Waals surface area contributed by atoms with Gasteiger partial charge in [0.2, 0.25) is 0 Å². The summed E-state index contributed by atoms with van der Waals surface area (Å²) >= 11 is 0. The maximum atomic E-state index is 12.0. The van der Waals surface area contributed by atoms with Crippen LogP contribution in [0.3, 0.4) is 0 Å². The molecule has 1 atom stereocenters. The molecule has 0 saturated carbocycles. The third-order valence-electron chi connectivity index (χ3n) is 4.97. The lowest BCUT2D eigenvalue weighted by Crippen LogP contribution is -2.43. The first-order chi connectivity index (χ1) is 10.1. The molecule has 2 fully saturated rings. The summed E-state index contributed by atoms with van der Waals surface area (Å²) in [5.41, 5.74) is 0. The number of hydrogen-bond donors (Lipinski definition) is 1. The minimum atomic E-state index is -0.792. The van der Waals surface area contributed by atoms with Crippen molar-refractivity contribution in [1.29, 1.82) is 0 Å². The van der Waals surface area contributed by atoms with E-state index in [0.717, 1.165) is 58.0 Å². The highest BCUT2D eigenvalue weighted by Gasteiger charge is 2.29. The predicted molar refractivity (Wildman–Crippen MR) is 81.4 cm³/mol. The van der Waals surface area contributed by atoms with Crippen LogP contribution in [0, 0.1) is 5.92 Å². The average molecular weight is 296 g/mol. The number of carbonyl (C=O) groups is 2. The molecule has 0 spiro atoms. The van der Waals surface area contributed by atoms with Gasteiger partial charge < -0.3 is 14.9 Å². The van der Waals surface area contributed by atoms with E-state index in [1.165, 1.54) is 4.90 Å². The van der Waals surface area contributed by atoms with E-state index in [-0.39, 0.29) is 5.92 Å². The largest absolute Gasteiger partial charge is 0.465 e. The van der Waals surface area contributed by atoms with Gasteiger partial charge in [0.15, 0.2) is 0 Å². The molecular weight excluding hydrogens is 268 g/mol. The third kappa shape index (κ3) is 4.43. The average Bonchev–Trinajstić information content (AvgIpc) is 2.73. The number of nitrogens with zero attached hydrogens (tertiary/aromatic N) is 2. The van der Waals surface area contributed by atoms with Crippen molar-refractivity contribution in [2.45, 2.75) is 57.9 Å². The van der Waals surface area contributed by atoms with Crippen LogP contribution < -0.4 is 0 Å². The van der Waals surface area contributed by atoms with Crippen LogP contribution >= 0.6 is 0 Å². The van der Waals surface area contributed by atoms with Crippen LogP contribution in [0.4, 0.5) is 4.79 Å². The lowest BCUT2D eigenvalue weighted by atomic mass is 9.89. The van der Waals surface area contributed by atoms with Crippen LogP contribution in [-0.4, -0.2) is 59.0 Å².